The van der Waals surface area contributed by atoms with Crippen molar-refractivity contribution in [3.05, 3.63) is 64.5 Å². The molecule has 2 fully saturated rings. The second kappa shape index (κ2) is 11.6. The fraction of sp³-hybridized carbons (Fsp3) is 0.567. The summed E-state index contributed by atoms with van der Waals surface area (Å²) in [6, 6.07) is 8.48. The van der Waals surface area contributed by atoms with Crippen molar-refractivity contribution in [1.29, 1.82) is 0 Å². The van der Waals surface area contributed by atoms with Gasteiger partial charge in [0.05, 0.1) is 5.92 Å². The summed E-state index contributed by atoms with van der Waals surface area (Å²) >= 11 is 0. The molecule has 35 heavy (non-hydrogen) atoms. The molecule has 0 heterocycles. The van der Waals surface area contributed by atoms with Crippen molar-refractivity contribution >= 4 is 5.97 Å². The molecule has 0 bridgehead atoms. The minimum absolute atomic E-state index is 0.0215. The van der Waals surface area contributed by atoms with Crippen LogP contribution in [-0.2, 0) is 11.2 Å². The predicted octanol–water partition coefficient (Wildman–Crippen LogP) is 8.62. The molecule has 5 heteroatoms. The van der Waals surface area contributed by atoms with E-state index in [2.05, 4.69) is 6.92 Å². The molecule has 2 aliphatic carbocycles. The van der Waals surface area contributed by atoms with Gasteiger partial charge < -0.3 is 4.74 Å². The molecule has 2 saturated carbocycles. The van der Waals surface area contributed by atoms with Gasteiger partial charge in [-0.25, -0.2) is 8.78 Å². The zero-order chi connectivity index (χ0) is 24.9. The number of halogens is 3. The lowest BCUT2D eigenvalue weighted by molar-refractivity contribution is -0.140. The Kier molecular flexibility index (Phi) is 8.56. The van der Waals surface area contributed by atoms with Crippen LogP contribution in [0.25, 0.3) is 0 Å². The number of hydrogen-bond acceptors (Lipinski definition) is 2. The minimum atomic E-state index is -1.07. The van der Waals surface area contributed by atoms with Gasteiger partial charge in [-0.05, 0) is 104 Å². The lowest BCUT2D eigenvalue weighted by atomic mass is 9.77. The van der Waals surface area contributed by atoms with Gasteiger partial charge in [0.15, 0.2) is 11.6 Å². The standard InChI is InChI=1S/C30H37F3O2/c1-3-5-22-12-15-24(18-26(22)31)20-10-13-23(14-11-20)30(34)35-27-17-16-25(28(32)29(27)33)21-8-6-19(4-2)7-9-21/h12,15-21,23H,3-11,13-14H2,1-2H3. The summed E-state index contributed by atoms with van der Waals surface area (Å²) in [5.41, 5.74) is 2.10. The third kappa shape index (κ3) is 5.92. The highest BCUT2D eigenvalue weighted by Crippen LogP contribution is 2.40. The molecule has 0 amide bonds. The molecule has 0 saturated heterocycles. The highest BCUT2D eigenvalue weighted by atomic mass is 19.2. The van der Waals surface area contributed by atoms with Crippen molar-refractivity contribution in [3.63, 3.8) is 0 Å². The second-order valence-corrected chi connectivity index (χ2v) is 10.5. The molecule has 2 aliphatic rings. The Morgan fingerprint density at radius 1 is 0.857 bits per heavy atom. The van der Waals surface area contributed by atoms with E-state index >= 15 is 0 Å². The van der Waals surface area contributed by atoms with E-state index in [1.54, 1.807) is 12.1 Å². The molecular weight excluding hydrogens is 449 g/mol. The van der Waals surface area contributed by atoms with E-state index < -0.39 is 17.6 Å². The summed E-state index contributed by atoms with van der Waals surface area (Å²) in [5, 5.41) is 0. The average Bonchev–Trinajstić information content (AvgIpc) is 2.88. The highest BCUT2D eigenvalue weighted by molar-refractivity contribution is 5.75. The van der Waals surface area contributed by atoms with Gasteiger partial charge in [0.1, 0.15) is 5.82 Å². The molecule has 0 N–H and O–H groups in total. The number of hydrogen-bond donors (Lipinski definition) is 0. The van der Waals surface area contributed by atoms with Crippen LogP contribution in [0.2, 0.25) is 0 Å². The van der Waals surface area contributed by atoms with E-state index in [0.717, 1.165) is 68.9 Å². The maximum absolute atomic E-state index is 14.9. The van der Waals surface area contributed by atoms with Crippen LogP contribution >= 0.6 is 0 Å². The molecule has 2 aromatic carbocycles. The zero-order valence-corrected chi connectivity index (χ0v) is 20.9. The van der Waals surface area contributed by atoms with Crippen LogP contribution in [0, 0.1) is 29.3 Å². The molecule has 0 unspecified atom stereocenters. The SMILES string of the molecule is CCCc1ccc(C2CCC(C(=O)Oc3ccc(C4CCC(CC)CC4)c(F)c3F)CC2)cc1F. The molecule has 0 spiro atoms. The van der Waals surface area contributed by atoms with Gasteiger partial charge in [-0.3, -0.25) is 4.79 Å². The van der Waals surface area contributed by atoms with Gasteiger partial charge >= 0.3 is 5.97 Å². The first-order chi connectivity index (χ1) is 16.9. The van der Waals surface area contributed by atoms with E-state index in [4.69, 9.17) is 4.74 Å². The number of carbonyl (C=O) groups is 1. The second-order valence-electron chi connectivity index (χ2n) is 10.5. The Bertz CT molecular complexity index is 1020. The van der Waals surface area contributed by atoms with Gasteiger partial charge in [0.2, 0.25) is 5.82 Å². The first-order valence-electron chi connectivity index (χ1n) is 13.4. The third-order valence-electron chi connectivity index (χ3n) is 8.28. The van der Waals surface area contributed by atoms with E-state index in [0.29, 0.717) is 24.3 Å². The number of carbonyl (C=O) groups excluding carboxylic acids is 1. The fourth-order valence-corrected chi connectivity index (χ4v) is 5.97. The molecule has 0 aliphatic heterocycles. The Morgan fingerprint density at radius 2 is 1.54 bits per heavy atom. The van der Waals surface area contributed by atoms with Crippen LogP contribution in [-0.4, -0.2) is 5.97 Å². The summed E-state index contributed by atoms with van der Waals surface area (Å²) < 4.78 is 49.4. The largest absolute Gasteiger partial charge is 0.423 e. The molecule has 2 aromatic rings. The summed E-state index contributed by atoms with van der Waals surface area (Å²) in [5.74, 6) is -2.41. The van der Waals surface area contributed by atoms with E-state index in [9.17, 15) is 18.0 Å². The maximum Gasteiger partial charge on any atom is 0.314 e. The van der Waals surface area contributed by atoms with Crippen LogP contribution in [0.4, 0.5) is 13.2 Å². The zero-order valence-electron chi connectivity index (χ0n) is 20.9. The molecule has 0 aromatic heterocycles. The monoisotopic (exact) mass is 486 g/mol. The van der Waals surface area contributed by atoms with Crippen LogP contribution in [0.5, 0.6) is 5.75 Å². The highest BCUT2D eigenvalue weighted by Gasteiger charge is 2.31. The minimum Gasteiger partial charge on any atom is -0.423 e. The van der Waals surface area contributed by atoms with Crippen molar-refractivity contribution in [2.75, 3.05) is 0 Å². The maximum atomic E-state index is 14.9. The smallest absolute Gasteiger partial charge is 0.314 e. The number of ether oxygens (including phenoxy) is 1. The topological polar surface area (TPSA) is 26.3 Å². The summed E-state index contributed by atoms with van der Waals surface area (Å²) in [4.78, 5) is 12.7. The summed E-state index contributed by atoms with van der Waals surface area (Å²) in [6.45, 7) is 4.20. The molecule has 0 radical (unpaired) electrons. The van der Waals surface area contributed by atoms with Crippen molar-refractivity contribution < 1.29 is 22.7 Å². The number of rotatable bonds is 7. The van der Waals surface area contributed by atoms with Gasteiger partial charge in [0, 0.05) is 0 Å². The Labute approximate surface area is 207 Å². The number of aryl methyl sites for hydroxylation is 1. The quantitative estimate of drug-likeness (QED) is 0.289. The Hall–Kier alpha value is -2.30. The summed E-state index contributed by atoms with van der Waals surface area (Å²) in [7, 11) is 0. The van der Waals surface area contributed by atoms with Gasteiger partial charge in [-0.1, -0.05) is 44.9 Å². The molecular formula is C30H37F3O2. The molecule has 4 rings (SSSR count). The number of esters is 1. The fourth-order valence-electron chi connectivity index (χ4n) is 5.97. The molecule has 0 atom stereocenters. The average molecular weight is 487 g/mol. The van der Waals surface area contributed by atoms with Crippen molar-refractivity contribution in [2.45, 2.75) is 96.3 Å². The Balaban J connectivity index is 1.34. The van der Waals surface area contributed by atoms with E-state index in [1.165, 1.54) is 6.07 Å². The number of benzene rings is 2. The lowest BCUT2D eigenvalue weighted by Crippen LogP contribution is -2.25. The third-order valence-corrected chi connectivity index (χ3v) is 8.28. The first kappa shape index (κ1) is 25.8. The normalized spacial score (nSPS) is 24.8. The molecule has 2 nitrogen and oxygen atoms in total. The van der Waals surface area contributed by atoms with Crippen LogP contribution in [0.3, 0.4) is 0 Å². The van der Waals surface area contributed by atoms with Crippen molar-refractivity contribution in [2.24, 2.45) is 11.8 Å². The van der Waals surface area contributed by atoms with Crippen molar-refractivity contribution in [1.82, 2.24) is 0 Å². The van der Waals surface area contributed by atoms with Gasteiger partial charge in [0.25, 0.3) is 0 Å². The lowest BCUT2D eigenvalue weighted by Gasteiger charge is -2.29. The van der Waals surface area contributed by atoms with Crippen LogP contribution in [0.1, 0.15) is 107 Å². The summed E-state index contributed by atoms with van der Waals surface area (Å²) in [6.07, 6.45) is 9.21. The van der Waals surface area contributed by atoms with Crippen LogP contribution < -0.4 is 4.74 Å². The van der Waals surface area contributed by atoms with E-state index in [1.807, 2.05) is 19.1 Å². The first-order valence-corrected chi connectivity index (χ1v) is 13.4. The van der Waals surface area contributed by atoms with E-state index in [-0.39, 0.29) is 29.3 Å². The Morgan fingerprint density at radius 3 is 2.17 bits per heavy atom. The van der Waals surface area contributed by atoms with Gasteiger partial charge in [-0.2, -0.15) is 4.39 Å². The van der Waals surface area contributed by atoms with Crippen LogP contribution in [0.15, 0.2) is 30.3 Å². The molecule has 190 valence electrons. The van der Waals surface area contributed by atoms with Crippen molar-refractivity contribution in [3.8, 4) is 5.75 Å². The van der Waals surface area contributed by atoms with Gasteiger partial charge in [-0.15, -0.1) is 0 Å². The predicted molar refractivity (Wildman–Crippen MR) is 132 cm³/mol.